The Bertz CT molecular complexity index is 1010. The summed E-state index contributed by atoms with van der Waals surface area (Å²) in [5.41, 5.74) is -1.79. The van der Waals surface area contributed by atoms with Gasteiger partial charge in [-0.15, -0.1) is 0 Å². The largest absolute Gasteiger partial charge is 0.484 e. The lowest BCUT2D eigenvalue weighted by atomic mass is 9.60. The first-order valence-electron chi connectivity index (χ1n) is 10.7. The normalized spacial score (nSPS) is 30.6. The molecule has 1 aliphatic heterocycles. The first-order valence-corrected chi connectivity index (χ1v) is 11.1. The molecule has 1 aromatic rings. The van der Waals surface area contributed by atoms with Crippen molar-refractivity contribution in [3.05, 3.63) is 40.7 Å². The maximum Gasteiger partial charge on any atom is 0.418 e. The van der Waals surface area contributed by atoms with Crippen LogP contribution in [-0.2, 0) is 14.3 Å². The summed E-state index contributed by atoms with van der Waals surface area (Å²) < 4.78 is 61.8. The summed E-state index contributed by atoms with van der Waals surface area (Å²) in [6.45, 7) is -0.835. The molecule has 4 aliphatic rings. The molecule has 2 amide bonds. The minimum Gasteiger partial charge on any atom is -0.484 e. The number of halogens is 5. The van der Waals surface area contributed by atoms with Gasteiger partial charge in [0.2, 0.25) is 5.91 Å². The Morgan fingerprint density at radius 3 is 2.50 bits per heavy atom. The number of alkyl halides is 3. The van der Waals surface area contributed by atoms with Gasteiger partial charge in [-0.1, -0.05) is 11.6 Å². The molecular weight excluding hydrogens is 484 g/mol. The highest BCUT2D eigenvalue weighted by molar-refractivity contribution is 6.30. The zero-order chi connectivity index (χ0) is 24.7. The van der Waals surface area contributed by atoms with Gasteiger partial charge >= 0.3 is 6.18 Å². The number of carbonyl (C=O) groups excluding carboxylic acids is 2. The molecule has 34 heavy (non-hydrogen) atoms. The third-order valence-electron chi connectivity index (χ3n) is 6.73. The molecule has 1 aromatic carbocycles. The van der Waals surface area contributed by atoms with E-state index in [1.54, 1.807) is 0 Å². The average molecular weight is 507 g/mol. The van der Waals surface area contributed by atoms with Crippen LogP contribution < -0.4 is 15.4 Å². The van der Waals surface area contributed by atoms with Crippen molar-refractivity contribution in [1.82, 2.24) is 10.6 Å². The van der Waals surface area contributed by atoms with E-state index in [1.807, 2.05) is 0 Å². The second kappa shape index (κ2) is 9.01. The summed E-state index contributed by atoms with van der Waals surface area (Å²) >= 11 is 5.62. The number of amides is 2. The van der Waals surface area contributed by atoms with Gasteiger partial charge in [-0.25, -0.2) is 4.39 Å². The number of hydrogen-bond donors (Lipinski definition) is 3. The molecule has 3 fully saturated rings. The Balaban J connectivity index is 1.33. The fourth-order valence-corrected chi connectivity index (χ4v) is 4.92. The first-order chi connectivity index (χ1) is 15.9. The quantitative estimate of drug-likeness (QED) is 0.516. The predicted molar refractivity (Wildman–Crippen MR) is 112 cm³/mol. The fourth-order valence-electron chi connectivity index (χ4n) is 4.80. The van der Waals surface area contributed by atoms with Crippen LogP contribution in [0.3, 0.4) is 0 Å². The highest BCUT2D eigenvalue weighted by Gasteiger charge is 2.55. The van der Waals surface area contributed by atoms with Crippen LogP contribution in [0.4, 0.5) is 17.6 Å². The molecule has 186 valence electrons. The van der Waals surface area contributed by atoms with E-state index in [0.29, 0.717) is 25.7 Å². The average Bonchev–Trinajstić information content (AvgIpc) is 3.27. The standard InChI is InChI=1S/C22H23ClF4N2O5/c23-14-2-1-13(8-15(14)24)33-11-18(31)28-21-5-3-20(4-6-21,9-16(21)30)29-19(32)12-7-17(34-10-12)22(25,26)27/h1-2,7-8,16-17,30H,3-6,9-11H2,(H,28,31)(H,29,32). The molecule has 12 heteroatoms. The number of aliphatic hydroxyl groups excluding tert-OH is 1. The number of benzene rings is 1. The lowest BCUT2D eigenvalue weighted by Gasteiger charge is -2.56. The number of fused-ring (bicyclic) bond motifs is 3. The van der Waals surface area contributed by atoms with E-state index in [9.17, 15) is 32.3 Å². The van der Waals surface area contributed by atoms with Crippen molar-refractivity contribution in [2.24, 2.45) is 0 Å². The van der Waals surface area contributed by atoms with Gasteiger partial charge in [0, 0.05) is 17.2 Å². The predicted octanol–water partition coefficient (Wildman–Crippen LogP) is 2.79. The lowest BCUT2D eigenvalue weighted by molar-refractivity contribution is -0.196. The van der Waals surface area contributed by atoms with E-state index in [1.165, 1.54) is 12.1 Å². The topological polar surface area (TPSA) is 96.9 Å². The molecule has 7 nitrogen and oxygen atoms in total. The van der Waals surface area contributed by atoms with Crippen molar-refractivity contribution in [3.63, 3.8) is 0 Å². The maximum atomic E-state index is 13.5. The van der Waals surface area contributed by atoms with Gasteiger partial charge in [0.15, 0.2) is 12.7 Å². The number of hydrogen-bond acceptors (Lipinski definition) is 5. The third-order valence-corrected chi connectivity index (χ3v) is 7.04. The van der Waals surface area contributed by atoms with Crippen LogP contribution >= 0.6 is 11.6 Å². The second-order valence-electron chi connectivity index (χ2n) is 8.99. The summed E-state index contributed by atoms with van der Waals surface area (Å²) in [5.74, 6) is -1.71. The molecule has 3 N–H and O–H groups in total. The molecule has 3 aliphatic carbocycles. The van der Waals surface area contributed by atoms with Crippen molar-refractivity contribution in [2.75, 3.05) is 13.2 Å². The van der Waals surface area contributed by atoms with Crippen LogP contribution in [0.5, 0.6) is 5.75 Å². The zero-order valence-corrected chi connectivity index (χ0v) is 18.6. The van der Waals surface area contributed by atoms with Gasteiger partial charge in [0.05, 0.1) is 23.3 Å². The Kier molecular flexibility index (Phi) is 6.56. The van der Waals surface area contributed by atoms with Crippen LogP contribution in [-0.4, -0.2) is 59.6 Å². The van der Waals surface area contributed by atoms with Crippen LogP contribution in [0.2, 0.25) is 5.02 Å². The minimum atomic E-state index is -4.59. The van der Waals surface area contributed by atoms with Gasteiger partial charge in [-0.2, -0.15) is 13.2 Å². The Labute approximate surface area is 197 Å². The van der Waals surface area contributed by atoms with Gasteiger partial charge in [-0.3, -0.25) is 9.59 Å². The Morgan fingerprint density at radius 1 is 1.21 bits per heavy atom. The van der Waals surface area contributed by atoms with Gasteiger partial charge in [0.25, 0.3) is 5.91 Å². The summed E-state index contributed by atoms with van der Waals surface area (Å²) in [6, 6.07) is 3.79. The van der Waals surface area contributed by atoms with Crippen molar-refractivity contribution in [3.8, 4) is 5.75 Å². The molecule has 5 rings (SSSR count). The van der Waals surface area contributed by atoms with Gasteiger partial charge in [0.1, 0.15) is 11.6 Å². The molecule has 0 spiro atoms. The SMILES string of the molecule is O=C(COc1ccc(Cl)c(F)c1)NC12CCC(NC(=O)C3=CC(C(F)(F)F)OC3)(CC1)CC2O. The summed E-state index contributed by atoms with van der Waals surface area (Å²) in [5, 5.41) is 16.3. The Morgan fingerprint density at radius 2 is 1.91 bits per heavy atom. The van der Waals surface area contributed by atoms with Crippen LogP contribution in [0.25, 0.3) is 0 Å². The second-order valence-corrected chi connectivity index (χ2v) is 9.40. The highest BCUT2D eigenvalue weighted by Crippen LogP contribution is 2.47. The molecule has 2 unspecified atom stereocenters. The van der Waals surface area contributed by atoms with Crippen LogP contribution in [0.15, 0.2) is 29.8 Å². The molecule has 2 atom stereocenters. The van der Waals surface area contributed by atoms with Crippen molar-refractivity contribution in [1.29, 1.82) is 0 Å². The minimum absolute atomic E-state index is 0.0734. The van der Waals surface area contributed by atoms with Crippen molar-refractivity contribution < 1.29 is 41.7 Å². The van der Waals surface area contributed by atoms with Crippen LogP contribution in [0.1, 0.15) is 32.1 Å². The maximum absolute atomic E-state index is 13.5. The smallest absolute Gasteiger partial charge is 0.418 e. The molecule has 0 aromatic heterocycles. The summed E-state index contributed by atoms with van der Waals surface area (Å²) in [6.07, 6.45) is -5.20. The summed E-state index contributed by atoms with van der Waals surface area (Å²) in [4.78, 5) is 25.0. The lowest BCUT2D eigenvalue weighted by Crippen LogP contribution is -2.70. The highest BCUT2D eigenvalue weighted by atomic mass is 35.5. The van der Waals surface area contributed by atoms with Gasteiger partial charge < -0.3 is 25.2 Å². The fraction of sp³-hybridized carbons (Fsp3) is 0.545. The number of nitrogens with one attached hydrogen (secondary N) is 2. The molecular formula is C22H23ClF4N2O5. The molecule has 2 bridgehead atoms. The number of aliphatic hydroxyl groups is 1. The van der Waals surface area contributed by atoms with Crippen molar-refractivity contribution >= 4 is 23.4 Å². The van der Waals surface area contributed by atoms with E-state index in [-0.39, 0.29) is 22.8 Å². The first kappa shape index (κ1) is 24.7. The summed E-state index contributed by atoms with van der Waals surface area (Å²) in [7, 11) is 0. The molecule has 0 radical (unpaired) electrons. The van der Waals surface area contributed by atoms with E-state index < -0.39 is 60.3 Å². The van der Waals surface area contributed by atoms with Crippen LogP contribution in [0, 0.1) is 5.82 Å². The number of carbonyl (C=O) groups is 2. The van der Waals surface area contributed by atoms with Crippen molar-refractivity contribution in [2.45, 2.75) is 61.6 Å². The van der Waals surface area contributed by atoms with Gasteiger partial charge in [-0.05, 0) is 50.3 Å². The molecule has 1 heterocycles. The monoisotopic (exact) mass is 506 g/mol. The molecule has 0 saturated heterocycles. The molecule has 3 saturated carbocycles. The zero-order valence-electron chi connectivity index (χ0n) is 17.9. The number of ether oxygens (including phenoxy) is 2. The van der Waals surface area contributed by atoms with E-state index in [4.69, 9.17) is 16.3 Å². The Hall–Kier alpha value is -2.37. The van der Waals surface area contributed by atoms with E-state index in [0.717, 1.165) is 12.1 Å². The number of rotatable bonds is 6. The third kappa shape index (κ3) is 5.01. The van der Waals surface area contributed by atoms with E-state index >= 15 is 0 Å². The van der Waals surface area contributed by atoms with E-state index in [2.05, 4.69) is 15.4 Å².